The van der Waals surface area contributed by atoms with E-state index in [1.165, 1.54) is 37.2 Å². The van der Waals surface area contributed by atoms with Gasteiger partial charge in [0.1, 0.15) is 0 Å². The van der Waals surface area contributed by atoms with E-state index in [9.17, 15) is 0 Å². The second-order valence-corrected chi connectivity index (χ2v) is 5.36. The number of aromatic nitrogens is 1. The fourth-order valence-electron chi connectivity index (χ4n) is 2.67. The van der Waals surface area contributed by atoms with Crippen LogP contribution in [0.2, 0.25) is 0 Å². The summed E-state index contributed by atoms with van der Waals surface area (Å²) in [5.41, 5.74) is 3.63. The molecule has 1 N–H and O–H groups in total. The molecule has 3 heteroatoms. The fourth-order valence-corrected chi connectivity index (χ4v) is 2.67. The number of likely N-dealkylation sites (tertiary alicyclic amines) is 1. The van der Waals surface area contributed by atoms with E-state index in [1.807, 2.05) is 24.4 Å². The highest BCUT2D eigenvalue weighted by Gasteiger charge is 2.11. The van der Waals surface area contributed by atoms with Crippen LogP contribution in [-0.4, -0.2) is 23.0 Å². The molecular formula is C17H21N3. The summed E-state index contributed by atoms with van der Waals surface area (Å²) in [5, 5.41) is 3.45. The van der Waals surface area contributed by atoms with Crippen molar-refractivity contribution in [2.45, 2.75) is 25.9 Å². The Labute approximate surface area is 120 Å². The molecule has 0 radical (unpaired) electrons. The van der Waals surface area contributed by atoms with Gasteiger partial charge >= 0.3 is 0 Å². The second kappa shape index (κ2) is 6.53. The molecule has 1 aliphatic heterocycles. The van der Waals surface area contributed by atoms with Crippen molar-refractivity contribution >= 4 is 5.69 Å². The maximum absolute atomic E-state index is 4.33. The Bertz CT molecular complexity index is 533. The molecule has 0 spiro atoms. The quantitative estimate of drug-likeness (QED) is 0.901. The lowest BCUT2D eigenvalue weighted by atomic mass is 10.2. The van der Waals surface area contributed by atoms with Crippen LogP contribution >= 0.6 is 0 Å². The van der Waals surface area contributed by atoms with Crippen LogP contribution in [0.3, 0.4) is 0 Å². The number of benzene rings is 1. The fraction of sp³-hybridized carbons (Fsp3) is 0.353. The molecule has 0 unspecified atom stereocenters. The third-order valence-corrected chi connectivity index (χ3v) is 3.73. The van der Waals surface area contributed by atoms with Crippen LogP contribution in [0.4, 0.5) is 5.69 Å². The number of anilines is 1. The number of hydrogen-bond donors (Lipinski definition) is 1. The van der Waals surface area contributed by atoms with Gasteiger partial charge in [-0.15, -0.1) is 0 Å². The zero-order chi connectivity index (χ0) is 13.6. The number of nitrogens with zero attached hydrogens (tertiary/aromatic N) is 2. The highest BCUT2D eigenvalue weighted by atomic mass is 15.1. The summed E-state index contributed by atoms with van der Waals surface area (Å²) < 4.78 is 0. The smallest absolute Gasteiger partial charge is 0.0594 e. The van der Waals surface area contributed by atoms with Gasteiger partial charge in [0.2, 0.25) is 0 Å². The maximum atomic E-state index is 4.33. The molecule has 0 atom stereocenters. The summed E-state index contributed by atoms with van der Waals surface area (Å²) in [6.45, 7) is 4.32. The van der Waals surface area contributed by atoms with Gasteiger partial charge in [0.25, 0.3) is 0 Å². The minimum absolute atomic E-state index is 0.772. The lowest BCUT2D eigenvalue weighted by Gasteiger charge is -2.15. The van der Waals surface area contributed by atoms with E-state index in [1.54, 1.807) is 0 Å². The molecule has 104 valence electrons. The molecule has 1 aliphatic rings. The van der Waals surface area contributed by atoms with Gasteiger partial charge in [0.15, 0.2) is 0 Å². The van der Waals surface area contributed by atoms with Crippen LogP contribution < -0.4 is 5.32 Å². The van der Waals surface area contributed by atoms with Gasteiger partial charge in [0, 0.05) is 18.4 Å². The normalized spacial score (nSPS) is 15.4. The predicted octanol–water partition coefficient (Wildman–Crippen LogP) is 3.29. The van der Waals surface area contributed by atoms with Crippen molar-refractivity contribution in [1.82, 2.24) is 9.88 Å². The zero-order valence-corrected chi connectivity index (χ0v) is 11.8. The summed E-state index contributed by atoms with van der Waals surface area (Å²) in [6.07, 6.45) is 4.52. The Balaban J connectivity index is 1.59. The lowest BCUT2D eigenvalue weighted by Crippen LogP contribution is -2.18. The van der Waals surface area contributed by atoms with Gasteiger partial charge in [-0.2, -0.15) is 0 Å². The van der Waals surface area contributed by atoms with Crippen molar-refractivity contribution in [1.29, 1.82) is 0 Å². The van der Waals surface area contributed by atoms with Gasteiger partial charge < -0.3 is 5.32 Å². The van der Waals surface area contributed by atoms with E-state index < -0.39 is 0 Å². The molecule has 3 rings (SSSR count). The Hall–Kier alpha value is -1.87. The van der Waals surface area contributed by atoms with Crippen LogP contribution in [-0.2, 0) is 13.1 Å². The van der Waals surface area contributed by atoms with Crippen molar-refractivity contribution in [2.24, 2.45) is 0 Å². The van der Waals surface area contributed by atoms with Gasteiger partial charge in [-0.1, -0.05) is 18.2 Å². The SMILES string of the molecule is c1ccc(CNc2cccc(CN3CCCC3)c2)nc1. The van der Waals surface area contributed by atoms with Crippen LogP contribution in [0.25, 0.3) is 0 Å². The zero-order valence-electron chi connectivity index (χ0n) is 11.8. The van der Waals surface area contributed by atoms with Crippen LogP contribution in [0.5, 0.6) is 0 Å². The maximum Gasteiger partial charge on any atom is 0.0594 e. The monoisotopic (exact) mass is 267 g/mol. The van der Waals surface area contributed by atoms with Crippen LogP contribution in [0, 0.1) is 0 Å². The first-order valence-corrected chi connectivity index (χ1v) is 7.35. The first-order valence-electron chi connectivity index (χ1n) is 7.35. The number of rotatable bonds is 5. The molecule has 20 heavy (non-hydrogen) atoms. The van der Waals surface area contributed by atoms with Gasteiger partial charge in [-0.25, -0.2) is 0 Å². The van der Waals surface area contributed by atoms with Crippen LogP contribution in [0.1, 0.15) is 24.1 Å². The average molecular weight is 267 g/mol. The topological polar surface area (TPSA) is 28.2 Å². The largest absolute Gasteiger partial charge is 0.379 e. The molecule has 1 saturated heterocycles. The molecule has 1 fully saturated rings. The number of hydrogen-bond acceptors (Lipinski definition) is 3. The molecule has 3 nitrogen and oxygen atoms in total. The van der Waals surface area contributed by atoms with E-state index in [0.29, 0.717) is 0 Å². The highest BCUT2D eigenvalue weighted by molar-refractivity contribution is 5.46. The first-order chi connectivity index (χ1) is 9.90. The van der Waals surface area contributed by atoms with E-state index in [0.717, 1.165) is 18.8 Å². The summed E-state index contributed by atoms with van der Waals surface area (Å²) >= 11 is 0. The Morgan fingerprint density at radius 1 is 1.05 bits per heavy atom. The van der Waals surface area contributed by atoms with E-state index in [2.05, 4.69) is 39.5 Å². The number of nitrogens with one attached hydrogen (secondary N) is 1. The Morgan fingerprint density at radius 3 is 2.75 bits per heavy atom. The van der Waals surface area contributed by atoms with E-state index in [4.69, 9.17) is 0 Å². The molecule has 1 aromatic carbocycles. The molecule has 0 saturated carbocycles. The summed E-state index contributed by atoms with van der Waals surface area (Å²) in [5.74, 6) is 0. The van der Waals surface area contributed by atoms with Crippen molar-refractivity contribution in [3.05, 3.63) is 59.9 Å². The van der Waals surface area contributed by atoms with Gasteiger partial charge in [-0.05, 0) is 55.8 Å². The van der Waals surface area contributed by atoms with Crippen molar-refractivity contribution < 1.29 is 0 Å². The van der Waals surface area contributed by atoms with Crippen molar-refractivity contribution in [3.8, 4) is 0 Å². The van der Waals surface area contributed by atoms with Crippen molar-refractivity contribution in [3.63, 3.8) is 0 Å². The van der Waals surface area contributed by atoms with Crippen LogP contribution in [0.15, 0.2) is 48.7 Å². The standard InChI is InChI=1S/C17H21N3/c1-2-9-18-17(7-1)13-19-16-8-5-6-15(12-16)14-20-10-3-4-11-20/h1-2,5-9,12,19H,3-4,10-11,13-14H2. The third-order valence-electron chi connectivity index (χ3n) is 3.73. The van der Waals surface area contributed by atoms with Gasteiger partial charge in [0.05, 0.1) is 12.2 Å². The Morgan fingerprint density at radius 2 is 1.95 bits per heavy atom. The molecule has 1 aromatic heterocycles. The molecule has 0 aliphatic carbocycles. The Kier molecular flexibility index (Phi) is 4.28. The first kappa shape index (κ1) is 13.1. The molecular weight excluding hydrogens is 246 g/mol. The summed E-state index contributed by atoms with van der Waals surface area (Å²) in [7, 11) is 0. The van der Waals surface area contributed by atoms with Crippen molar-refractivity contribution in [2.75, 3.05) is 18.4 Å². The molecule has 2 aromatic rings. The lowest BCUT2D eigenvalue weighted by molar-refractivity contribution is 0.331. The van der Waals surface area contributed by atoms with Gasteiger partial charge in [-0.3, -0.25) is 9.88 Å². The van der Waals surface area contributed by atoms with E-state index >= 15 is 0 Å². The molecule has 2 heterocycles. The predicted molar refractivity (Wildman–Crippen MR) is 82.5 cm³/mol. The molecule has 0 amide bonds. The summed E-state index contributed by atoms with van der Waals surface area (Å²) in [6, 6.07) is 14.7. The average Bonchev–Trinajstić information content (AvgIpc) is 3.00. The second-order valence-electron chi connectivity index (χ2n) is 5.36. The number of pyridine rings is 1. The van der Waals surface area contributed by atoms with E-state index in [-0.39, 0.29) is 0 Å². The third kappa shape index (κ3) is 3.58. The minimum atomic E-state index is 0.772. The summed E-state index contributed by atoms with van der Waals surface area (Å²) in [4.78, 5) is 6.85. The minimum Gasteiger partial charge on any atom is -0.379 e. The highest BCUT2D eigenvalue weighted by Crippen LogP contribution is 2.16. The molecule has 0 bridgehead atoms.